The van der Waals surface area contributed by atoms with Gasteiger partial charge in [0.05, 0.1) is 36.1 Å². The number of hydrogen-bond donors (Lipinski definition) is 1. The van der Waals surface area contributed by atoms with E-state index < -0.39 is 19.9 Å². The van der Waals surface area contributed by atoms with Crippen LogP contribution in [-0.2, 0) is 39.1 Å². The predicted molar refractivity (Wildman–Crippen MR) is 148 cm³/mol. The Morgan fingerprint density at radius 1 is 1.18 bits per heavy atom. The maximum Gasteiger partial charge on any atom is 0.343 e. The third kappa shape index (κ3) is 3.99. The molecule has 1 aromatic carbocycles. The first-order valence-electron chi connectivity index (χ1n) is 13.1. The van der Waals surface area contributed by atoms with E-state index in [-0.39, 0.29) is 30.2 Å². The molecule has 9 heteroatoms. The van der Waals surface area contributed by atoms with Gasteiger partial charge in [0.25, 0.3) is 5.56 Å². The highest BCUT2D eigenvalue weighted by Gasteiger charge is 2.47. The van der Waals surface area contributed by atoms with Crippen LogP contribution >= 0.6 is 0 Å². The number of aromatic nitrogens is 2. The number of hydrogen-bond acceptors (Lipinski definition) is 7. The van der Waals surface area contributed by atoms with E-state index in [4.69, 9.17) is 18.9 Å². The highest BCUT2D eigenvalue weighted by molar-refractivity contribution is 6.74. The van der Waals surface area contributed by atoms with Crippen LogP contribution in [0.25, 0.3) is 22.3 Å². The second kappa shape index (κ2) is 9.03. The van der Waals surface area contributed by atoms with E-state index in [0.717, 1.165) is 34.2 Å². The number of esters is 1. The summed E-state index contributed by atoms with van der Waals surface area (Å²) in [6, 6.07) is 7.52. The molecular weight excluding hydrogens is 500 g/mol. The van der Waals surface area contributed by atoms with Crippen LogP contribution in [0.15, 0.2) is 29.1 Å². The minimum absolute atomic E-state index is 0.00620. The van der Waals surface area contributed by atoms with Crippen molar-refractivity contribution in [2.24, 2.45) is 0 Å². The zero-order valence-electron chi connectivity index (χ0n) is 23.2. The summed E-state index contributed by atoms with van der Waals surface area (Å²) in [6.07, 6.45) is 0.763. The van der Waals surface area contributed by atoms with Gasteiger partial charge in [-0.3, -0.25) is 4.79 Å². The van der Waals surface area contributed by atoms with Crippen LogP contribution in [0.5, 0.6) is 5.75 Å². The Labute approximate surface area is 223 Å². The maximum atomic E-state index is 13.7. The predicted octanol–water partition coefficient (Wildman–Crippen LogP) is 4.65. The molecule has 3 aromatic rings. The zero-order valence-corrected chi connectivity index (χ0v) is 24.2. The van der Waals surface area contributed by atoms with Gasteiger partial charge in [-0.25, -0.2) is 9.78 Å². The maximum absolute atomic E-state index is 13.7. The molecule has 2 aromatic heterocycles. The third-order valence-corrected chi connectivity index (χ3v) is 13.1. The van der Waals surface area contributed by atoms with E-state index in [9.17, 15) is 14.7 Å². The lowest BCUT2D eigenvalue weighted by Crippen LogP contribution is -2.47. The lowest BCUT2D eigenvalue weighted by molar-refractivity contribution is -0.173. The lowest BCUT2D eigenvalue weighted by atomic mass is 9.85. The Kier molecular flexibility index (Phi) is 6.32. The van der Waals surface area contributed by atoms with E-state index >= 15 is 0 Å². The number of carbonyl (C=O) groups is 1. The van der Waals surface area contributed by atoms with Crippen LogP contribution in [0, 0.1) is 0 Å². The van der Waals surface area contributed by atoms with E-state index in [1.807, 2.05) is 18.2 Å². The zero-order chi connectivity index (χ0) is 27.6. The Balaban J connectivity index is 1.61. The molecule has 0 fully saturated rings. The molecule has 2 aliphatic heterocycles. The molecule has 0 saturated heterocycles. The first kappa shape index (κ1) is 26.6. The fourth-order valence-corrected chi connectivity index (χ4v) is 6.29. The summed E-state index contributed by atoms with van der Waals surface area (Å²) in [5.41, 5.74) is 2.57. The number of ether oxygens (including phenoxy) is 2. The second-order valence-electron chi connectivity index (χ2n) is 11.8. The van der Waals surface area contributed by atoms with E-state index in [0.29, 0.717) is 29.1 Å². The number of methoxy groups -OCH3 is 1. The Bertz CT molecular complexity index is 1520. The molecule has 2 aliphatic rings. The summed E-state index contributed by atoms with van der Waals surface area (Å²) in [6.45, 7) is 13.1. The summed E-state index contributed by atoms with van der Waals surface area (Å²) < 4.78 is 18.7. The Morgan fingerprint density at radius 2 is 1.92 bits per heavy atom. The number of nitrogens with zero attached hydrogens (tertiary/aromatic N) is 2. The third-order valence-electron chi connectivity index (χ3n) is 8.59. The molecule has 8 nitrogen and oxygen atoms in total. The molecule has 0 radical (unpaired) electrons. The highest BCUT2D eigenvalue weighted by Crippen LogP contribution is 2.42. The summed E-state index contributed by atoms with van der Waals surface area (Å²) in [5.74, 6) is -0.00282. The Morgan fingerprint density at radius 3 is 2.58 bits per heavy atom. The minimum Gasteiger partial charge on any atom is -0.497 e. The van der Waals surface area contributed by atoms with Crippen molar-refractivity contribution in [1.29, 1.82) is 0 Å². The molecule has 0 unspecified atom stereocenters. The number of fused-ring (bicyclic) bond motifs is 5. The van der Waals surface area contributed by atoms with Crippen molar-refractivity contribution >= 4 is 25.2 Å². The number of cyclic esters (lactones) is 1. The van der Waals surface area contributed by atoms with E-state index in [1.165, 1.54) is 0 Å². The van der Waals surface area contributed by atoms with Crippen molar-refractivity contribution in [3.05, 3.63) is 56.9 Å². The van der Waals surface area contributed by atoms with Gasteiger partial charge in [0.2, 0.25) is 0 Å². The van der Waals surface area contributed by atoms with Crippen LogP contribution in [0.2, 0.25) is 18.1 Å². The molecule has 1 atom stereocenters. The van der Waals surface area contributed by atoms with Crippen molar-refractivity contribution < 1.29 is 23.8 Å². The van der Waals surface area contributed by atoms with Gasteiger partial charge in [-0.1, -0.05) is 27.7 Å². The van der Waals surface area contributed by atoms with E-state index in [1.54, 1.807) is 17.7 Å². The number of carbonyl (C=O) groups excluding carboxylic acids is 1. The molecule has 38 heavy (non-hydrogen) atoms. The van der Waals surface area contributed by atoms with Crippen molar-refractivity contribution in [2.75, 3.05) is 13.7 Å². The van der Waals surface area contributed by atoms with Crippen LogP contribution in [0.3, 0.4) is 0 Å². The van der Waals surface area contributed by atoms with Crippen molar-refractivity contribution in [1.82, 2.24) is 9.55 Å². The van der Waals surface area contributed by atoms with Crippen molar-refractivity contribution in [3.8, 4) is 17.1 Å². The first-order chi connectivity index (χ1) is 17.8. The molecule has 202 valence electrons. The average Bonchev–Trinajstić information content (AvgIpc) is 3.22. The number of aliphatic hydroxyl groups is 1. The van der Waals surface area contributed by atoms with Crippen LogP contribution in [0.1, 0.15) is 56.4 Å². The molecule has 4 heterocycles. The molecule has 0 saturated carbocycles. The van der Waals surface area contributed by atoms with Gasteiger partial charge in [0.15, 0.2) is 13.9 Å². The average molecular weight is 537 g/mol. The van der Waals surface area contributed by atoms with Crippen LogP contribution in [0.4, 0.5) is 0 Å². The number of pyridine rings is 2. The molecule has 0 bridgehead atoms. The Hall–Kier alpha value is -3.01. The molecule has 0 amide bonds. The van der Waals surface area contributed by atoms with Crippen molar-refractivity contribution in [2.45, 2.75) is 77.4 Å². The lowest BCUT2D eigenvalue weighted by Gasteiger charge is -2.38. The summed E-state index contributed by atoms with van der Waals surface area (Å²) >= 11 is 0. The second-order valence-corrected chi connectivity index (χ2v) is 16.6. The summed E-state index contributed by atoms with van der Waals surface area (Å²) in [5, 5.41) is 12.7. The van der Waals surface area contributed by atoms with Gasteiger partial charge in [-0.15, -0.1) is 0 Å². The molecule has 0 aliphatic carbocycles. The standard InChI is InChI=1S/C29H36N2O6Si/c1-8-18-19-13-17(35-5)9-10-23(19)30-25-20(18)15-31-24(25)14-22-21(26(31)32)16-36-27(33)29(22,34)11-12-37-38(6,7)28(2,3)4/h9-10,13-14,34H,8,11-12,15-16H2,1-7H3/t29-/m0/s1. The van der Waals surface area contributed by atoms with Gasteiger partial charge < -0.3 is 23.6 Å². The minimum atomic E-state index is -2.10. The van der Waals surface area contributed by atoms with E-state index in [2.05, 4.69) is 40.8 Å². The molecule has 1 N–H and O–H groups in total. The van der Waals surface area contributed by atoms with Crippen LogP contribution in [-0.4, -0.2) is 42.7 Å². The van der Waals surface area contributed by atoms with Crippen molar-refractivity contribution in [3.63, 3.8) is 0 Å². The number of rotatable bonds is 6. The summed E-state index contributed by atoms with van der Waals surface area (Å²) in [7, 11) is -0.468. The van der Waals surface area contributed by atoms with Gasteiger partial charge in [0, 0.05) is 29.5 Å². The monoisotopic (exact) mass is 536 g/mol. The normalized spacial score (nSPS) is 18.7. The molecule has 0 spiro atoms. The molecular formula is C29H36N2O6Si. The fraction of sp³-hybridized carbons (Fsp3) is 0.483. The smallest absolute Gasteiger partial charge is 0.343 e. The van der Waals surface area contributed by atoms with Gasteiger partial charge in [-0.2, -0.15) is 0 Å². The first-order valence-corrected chi connectivity index (χ1v) is 16.0. The SMILES string of the molecule is CCc1c2c(nc3ccc(OC)cc13)-c1cc3c(c(=O)n1C2)COC(=O)[C@]3(O)CCO[Si](C)(C)C(C)(C)C. The largest absolute Gasteiger partial charge is 0.497 e. The summed E-state index contributed by atoms with van der Waals surface area (Å²) in [4.78, 5) is 31.6. The topological polar surface area (TPSA) is 99.9 Å². The highest BCUT2D eigenvalue weighted by atomic mass is 28.4. The quantitative estimate of drug-likeness (QED) is 0.283. The molecule has 5 rings (SSSR count). The van der Waals surface area contributed by atoms with Crippen LogP contribution < -0.4 is 10.3 Å². The van der Waals surface area contributed by atoms with Gasteiger partial charge in [0.1, 0.15) is 12.4 Å². The number of benzene rings is 1. The van der Waals surface area contributed by atoms with Gasteiger partial charge >= 0.3 is 5.97 Å². The number of aryl methyl sites for hydroxylation is 1. The fourth-order valence-electron chi connectivity index (χ4n) is 5.24. The van der Waals surface area contributed by atoms with Gasteiger partial charge in [-0.05, 0) is 54.4 Å².